The number of aromatic nitrogens is 1. The van der Waals surface area contributed by atoms with E-state index in [1.807, 2.05) is 49.6 Å². The predicted octanol–water partition coefficient (Wildman–Crippen LogP) is 6.22. The Morgan fingerprint density at radius 3 is 1.79 bits per heavy atom. The van der Waals surface area contributed by atoms with E-state index < -0.39 is 23.5 Å². The quantitative estimate of drug-likeness (QED) is 0.371. The van der Waals surface area contributed by atoms with Gasteiger partial charge in [-0.25, -0.2) is 0 Å². The minimum Gasteiger partial charge on any atom is -0.369 e. The Morgan fingerprint density at radius 1 is 0.769 bits per heavy atom. The number of fused-ring (bicyclic) bond motifs is 3. The molecule has 39 heavy (non-hydrogen) atoms. The summed E-state index contributed by atoms with van der Waals surface area (Å²) in [7, 11) is 0. The number of hydrogen-bond acceptors (Lipinski definition) is 4. The summed E-state index contributed by atoms with van der Waals surface area (Å²) in [6.07, 6.45) is -5.88. The molecule has 208 valence electrons. The van der Waals surface area contributed by atoms with E-state index in [2.05, 4.69) is 14.8 Å². The molecule has 0 radical (unpaired) electrons. The zero-order valence-electron chi connectivity index (χ0n) is 21.3. The van der Waals surface area contributed by atoms with Crippen LogP contribution in [-0.4, -0.2) is 57.4 Å². The number of aliphatic hydroxyl groups is 1. The fourth-order valence-corrected chi connectivity index (χ4v) is 5.87. The number of aryl methyl sites for hydroxylation is 1. The number of rotatable bonds is 6. The topological polar surface area (TPSA) is 39.6 Å². The van der Waals surface area contributed by atoms with E-state index in [0.717, 1.165) is 50.1 Å². The number of hydrogen-bond donors (Lipinski definition) is 1. The second kappa shape index (κ2) is 10.2. The number of piperidine rings is 2. The maximum Gasteiger partial charge on any atom is 0.430 e. The Bertz CT molecular complexity index is 1280. The Morgan fingerprint density at radius 2 is 1.31 bits per heavy atom. The van der Waals surface area contributed by atoms with Gasteiger partial charge in [-0.2, -0.15) is 26.3 Å². The first-order valence-electron chi connectivity index (χ1n) is 12.8. The molecule has 10 heteroatoms. The molecule has 2 atom stereocenters. The maximum atomic E-state index is 13.2. The van der Waals surface area contributed by atoms with Crippen molar-refractivity contribution < 1.29 is 31.4 Å². The molecule has 0 spiro atoms. The van der Waals surface area contributed by atoms with Crippen LogP contribution in [0.25, 0.3) is 11.1 Å². The van der Waals surface area contributed by atoms with E-state index >= 15 is 0 Å². The van der Waals surface area contributed by atoms with Gasteiger partial charge in [0, 0.05) is 56.2 Å². The largest absolute Gasteiger partial charge is 0.430 e. The molecule has 3 fully saturated rings. The number of pyridine rings is 1. The van der Waals surface area contributed by atoms with Crippen molar-refractivity contribution in [2.75, 3.05) is 13.1 Å². The van der Waals surface area contributed by atoms with Gasteiger partial charge in [0.05, 0.1) is 0 Å². The summed E-state index contributed by atoms with van der Waals surface area (Å²) in [5, 5.41) is 9.64. The van der Waals surface area contributed by atoms with Gasteiger partial charge in [-0.1, -0.05) is 42.5 Å². The summed E-state index contributed by atoms with van der Waals surface area (Å²) >= 11 is 0. The molecule has 3 aliphatic rings. The summed E-state index contributed by atoms with van der Waals surface area (Å²) in [6.45, 7) is 5.52. The average molecular weight is 550 g/mol. The van der Waals surface area contributed by atoms with E-state index in [9.17, 15) is 31.4 Å². The molecule has 0 saturated carbocycles. The van der Waals surface area contributed by atoms with Gasteiger partial charge in [-0.3, -0.25) is 14.8 Å². The fourth-order valence-electron chi connectivity index (χ4n) is 5.87. The third kappa shape index (κ3) is 5.29. The standard InChI is InChI=1S/C29H29F6N3O/c1-19-14-21(16-38-18-24-7-8-25(38)17-37(24)15-20-10-12-36-13-11-20)2-9-26(19)22-3-5-23(6-4-22)27(39,28(30,31)32)29(33,34)35/h2-6,9-14,24-25,39H,7-8,15-18H2,1H3. The molecule has 1 N–H and O–H groups in total. The van der Waals surface area contributed by atoms with Gasteiger partial charge in [0.1, 0.15) is 0 Å². The van der Waals surface area contributed by atoms with Crippen LogP contribution in [0.15, 0.2) is 67.0 Å². The minimum absolute atomic E-state index is 0.449. The van der Waals surface area contributed by atoms with Gasteiger partial charge < -0.3 is 5.11 Å². The third-order valence-corrected chi connectivity index (χ3v) is 8.00. The molecule has 2 aromatic carbocycles. The number of alkyl halides is 6. The number of nitrogens with zero attached hydrogens (tertiary/aromatic N) is 3. The van der Waals surface area contributed by atoms with Crippen LogP contribution in [-0.2, 0) is 18.7 Å². The van der Waals surface area contributed by atoms with E-state index in [-0.39, 0.29) is 0 Å². The van der Waals surface area contributed by atoms with Crippen molar-refractivity contribution in [3.05, 3.63) is 89.2 Å². The molecule has 3 saturated heterocycles. The van der Waals surface area contributed by atoms with Crippen LogP contribution < -0.4 is 0 Å². The fraction of sp³-hybridized carbons (Fsp3) is 0.414. The number of benzene rings is 2. The molecule has 4 heterocycles. The van der Waals surface area contributed by atoms with Gasteiger partial charge in [-0.05, 0) is 59.7 Å². The van der Waals surface area contributed by atoms with Crippen LogP contribution in [0, 0.1) is 6.92 Å². The maximum absolute atomic E-state index is 13.2. The molecule has 6 rings (SSSR count). The summed E-state index contributed by atoms with van der Waals surface area (Å²) < 4.78 is 79.2. The molecule has 4 nitrogen and oxygen atoms in total. The highest BCUT2D eigenvalue weighted by atomic mass is 19.4. The highest BCUT2D eigenvalue weighted by molar-refractivity contribution is 5.68. The molecule has 1 aromatic heterocycles. The van der Waals surface area contributed by atoms with Crippen LogP contribution >= 0.6 is 0 Å². The van der Waals surface area contributed by atoms with Gasteiger partial charge in [0.15, 0.2) is 0 Å². The minimum atomic E-state index is -5.91. The van der Waals surface area contributed by atoms with Crippen LogP contribution in [0.4, 0.5) is 26.3 Å². The SMILES string of the molecule is Cc1cc(CN2CC3CCC2CN3Cc2ccncc2)ccc1-c1ccc(C(O)(C(F)(F)F)C(F)(F)F)cc1. The van der Waals surface area contributed by atoms with Gasteiger partial charge in [0.25, 0.3) is 5.60 Å². The molecule has 3 aliphatic heterocycles. The first-order valence-corrected chi connectivity index (χ1v) is 12.8. The summed E-state index contributed by atoms with van der Waals surface area (Å²) in [6, 6.07) is 14.6. The van der Waals surface area contributed by atoms with E-state index in [4.69, 9.17) is 0 Å². The normalized spacial score (nSPS) is 20.9. The third-order valence-electron chi connectivity index (χ3n) is 8.00. The lowest BCUT2D eigenvalue weighted by Crippen LogP contribution is -2.61. The summed E-state index contributed by atoms with van der Waals surface area (Å²) in [4.78, 5) is 9.12. The molecule has 2 unspecified atom stereocenters. The second-order valence-corrected chi connectivity index (χ2v) is 10.5. The lowest BCUT2D eigenvalue weighted by molar-refractivity contribution is -0.376. The van der Waals surface area contributed by atoms with Crippen LogP contribution in [0.3, 0.4) is 0 Å². The molecule has 3 aromatic rings. The molecular weight excluding hydrogens is 520 g/mol. The van der Waals surface area contributed by atoms with Gasteiger partial charge >= 0.3 is 12.4 Å². The van der Waals surface area contributed by atoms with Crippen molar-refractivity contribution >= 4 is 0 Å². The first kappa shape index (κ1) is 27.6. The number of halogens is 6. The van der Waals surface area contributed by atoms with Crippen molar-refractivity contribution in [2.45, 2.75) is 62.9 Å². The summed E-state index contributed by atoms with van der Waals surface area (Å²) in [5.41, 5.74) is -1.80. The van der Waals surface area contributed by atoms with Gasteiger partial charge in [0.2, 0.25) is 0 Å². The van der Waals surface area contributed by atoms with Crippen molar-refractivity contribution in [3.63, 3.8) is 0 Å². The van der Waals surface area contributed by atoms with Crippen molar-refractivity contribution in [1.82, 2.24) is 14.8 Å². The first-order chi connectivity index (χ1) is 18.4. The Labute approximate surface area is 222 Å². The van der Waals surface area contributed by atoms with E-state index in [1.54, 1.807) is 0 Å². The second-order valence-electron chi connectivity index (χ2n) is 10.5. The highest BCUT2D eigenvalue weighted by Gasteiger charge is 2.71. The van der Waals surface area contributed by atoms with E-state index in [1.165, 1.54) is 17.7 Å². The van der Waals surface area contributed by atoms with Crippen molar-refractivity contribution in [2.24, 2.45) is 0 Å². The van der Waals surface area contributed by atoms with Crippen molar-refractivity contribution in [1.29, 1.82) is 0 Å². The Kier molecular flexibility index (Phi) is 7.24. The number of piperazine rings is 1. The van der Waals surface area contributed by atoms with E-state index in [0.29, 0.717) is 35.3 Å². The Hall–Kier alpha value is -2.95. The predicted molar refractivity (Wildman–Crippen MR) is 134 cm³/mol. The van der Waals surface area contributed by atoms with Crippen LogP contribution in [0.2, 0.25) is 0 Å². The van der Waals surface area contributed by atoms with Crippen molar-refractivity contribution in [3.8, 4) is 11.1 Å². The monoisotopic (exact) mass is 549 g/mol. The molecule has 0 aliphatic carbocycles. The molecule has 0 amide bonds. The zero-order valence-corrected chi connectivity index (χ0v) is 21.3. The zero-order chi connectivity index (χ0) is 28.0. The van der Waals surface area contributed by atoms with Crippen LogP contribution in [0.5, 0.6) is 0 Å². The van der Waals surface area contributed by atoms with Gasteiger partial charge in [-0.15, -0.1) is 0 Å². The van der Waals surface area contributed by atoms with Crippen LogP contribution in [0.1, 0.15) is 35.1 Å². The lowest BCUT2D eigenvalue weighted by atomic mass is 9.89. The highest BCUT2D eigenvalue weighted by Crippen LogP contribution is 2.50. The lowest BCUT2D eigenvalue weighted by Gasteiger charge is -2.51. The average Bonchev–Trinajstić information content (AvgIpc) is 2.88. The smallest absolute Gasteiger partial charge is 0.369 e. The molecular formula is C29H29F6N3O. The molecule has 2 bridgehead atoms. The Balaban J connectivity index is 1.28. The summed E-state index contributed by atoms with van der Waals surface area (Å²) in [5.74, 6) is 0.